The normalized spacial score (nSPS) is 24.7. The molecule has 0 amide bonds. The van der Waals surface area contributed by atoms with Gasteiger partial charge in [-0.2, -0.15) is 0 Å². The molecule has 2 saturated heterocycles. The minimum atomic E-state index is -0.113. The molecule has 0 aromatic heterocycles. The second kappa shape index (κ2) is 12.0. The topological polar surface area (TPSA) is 6.48 Å². The van der Waals surface area contributed by atoms with Crippen molar-refractivity contribution in [3.8, 4) is 0 Å². The lowest BCUT2D eigenvalue weighted by Crippen LogP contribution is -2.31. The molecule has 35 heavy (non-hydrogen) atoms. The molecule has 0 bridgehead atoms. The molecule has 0 radical (unpaired) electrons. The summed E-state index contributed by atoms with van der Waals surface area (Å²) in [5, 5.41) is 0. The minimum Gasteiger partial charge on any atom is -0.377 e. The third kappa shape index (κ3) is 5.89. The first-order valence-electron chi connectivity index (χ1n) is 13.8. The van der Waals surface area contributed by atoms with Crippen LogP contribution in [0.2, 0.25) is 0 Å². The summed E-state index contributed by atoms with van der Waals surface area (Å²) >= 11 is 0. The van der Waals surface area contributed by atoms with Crippen LogP contribution in [0.25, 0.3) is 5.57 Å². The fraction of sp³-hybridized carbons (Fsp3) is 0.500. The fourth-order valence-corrected chi connectivity index (χ4v) is 6.03. The summed E-state index contributed by atoms with van der Waals surface area (Å²) in [7, 11) is 0. The first kappa shape index (κ1) is 25.7. The van der Waals surface area contributed by atoms with Crippen molar-refractivity contribution >= 4 is 5.57 Å². The van der Waals surface area contributed by atoms with Crippen LogP contribution >= 0.6 is 0 Å². The van der Waals surface area contributed by atoms with Crippen LogP contribution in [0, 0.1) is 5.92 Å². The summed E-state index contributed by atoms with van der Waals surface area (Å²) in [6.45, 7) is 13.0. The van der Waals surface area contributed by atoms with Crippen LogP contribution in [-0.4, -0.2) is 42.0 Å². The predicted octanol–water partition coefficient (Wildman–Crippen LogP) is 8.08. The van der Waals surface area contributed by atoms with E-state index in [1.165, 1.54) is 66.5 Å². The van der Waals surface area contributed by atoms with Crippen LogP contribution in [0.3, 0.4) is 0 Å². The Morgan fingerprint density at radius 3 is 2.43 bits per heavy atom. The third-order valence-electron chi connectivity index (χ3n) is 8.04. The van der Waals surface area contributed by atoms with E-state index in [4.69, 9.17) is 0 Å². The second-order valence-corrected chi connectivity index (χ2v) is 10.3. The standard InChI is InChI=1S/C32H43FN2/c1-5-14-29(33)28(18-22-34-19-11-12-20-34)30-24(4)31(30)32(26-15-9-8-10-16-26)25(6-2)23-35-21-13-17-27(35)7-3/h5,8-10,14-16,18,22,27,30H,6-7,11-13,17,19-21,23H2,1-4H3/b14-5-,22-18-,29-28-,32-25+. The monoisotopic (exact) mass is 474 g/mol. The van der Waals surface area contributed by atoms with Crippen LogP contribution in [-0.2, 0) is 0 Å². The molecule has 188 valence electrons. The zero-order chi connectivity index (χ0) is 24.8. The van der Waals surface area contributed by atoms with E-state index >= 15 is 4.39 Å². The molecule has 2 atom stereocenters. The molecule has 1 aliphatic carbocycles. The van der Waals surface area contributed by atoms with Crippen molar-refractivity contribution in [1.29, 1.82) is 0 Å². The number of allylic oxidation sites excluding steroid dienone is 8. The fourth-order valence-electron chi connectivity index (χ4n) is 6.03. The highest BCUT2D eigenvalue weighted by Gasteiger charge is 2.40. The Labute approximate surface area is 212 Å². The minimum absolute atomic E-state index is 0.0577. The van der Waals surface area contributed by atoms with E-state index in [2.05, 4.69) is 67.1 Å². The Kier molecular flexibility index (Phi) is 8.83. The Hall–Kier alpha value is -2.39. The van der Waals surface area contributed by atoms with Gasteiger partial charge < -0.3 is 4.90 Å². The number of nitrogens with zero attached hydrogens (tertiary/aromatic N) is 2. The van der Waals surface area contributed by atoms with Gasteiger partial charge in [0.05, 0.1) is 0 Å². The SMILES string of the molecule is C\C=C/C(F)=C(\C=C/N1CCCC1)C1C(C)=C1/C(=C(\CC)CN1CCCC1CC)c1ccccc1. The lowest BCUT2D eigenvalue weighted by atomic mass is 9.91. The van der Waals surface area contributed by atoms with Crippen molar-refractivity contribution in [3.63, 3.8) is 0 Å². The smallest absolute Gasteiger partial charge is 0.127 e. The molecule has 0 saturated carbocycles. The number of benzene rings is 1. The number of hydrogen-bond acceptors (Lipinski definition) is 2. The maximum Gasteiger partial charge on any atom is 0.127 e. The maximum atomic E-state index is 15.4. The Balaban J connectivity index is 1.71. The number of rotatable bonds is 10. The van der Waals surface area contributed by atoms with Gasteiger partial charge in [0.1, 0.15) is 5.83 Å². The third-order valence-corrected chi connectivity index (χ3v) is 8.04. The van der Waals surface area contributed by atoms with E-state index in [1.807, 2.05) is 13.0 Å². The van der Waals surface area contributed by atoms with Gasteiger partial charge in [-0.15, -0.1) is 0 Å². The summed E-state index contributed by atoms with van der Waals surface area (Å²) in [4.78, 5) is 5.00. The van der Waals surface area contributed by atoms with Crippen molar-refractivity contribution in [2.24, 2.45) is 5.92 Å². The van der Waals surface area contributed by atoms with Crippen molar-refractivity contribution in [3.05, 3.63) is 88.4 Å². The number of likely N-dealkylation sites (tertiary alicyclic amines) is 2. The van der Waals surface area contributed by atoms with Gasteiger partial charge in [-0.25, -0.2) is 4.39 Å². The molecular weight excluding hydrogens is 431 g/mol. The van der Waals surface area contributed by atoms with Crippen molar-refractivity contribution in [1.82, 2.24) is 9.80 Å². The van der Waals surface area contributed by atoms with Gasteiger partial charge in [0.25, 0.3) is 0 Å². The maximum absolute atomic E-state index is 15.4. The van der Waals surface area contributed by atoms with E-state index in [9.17, 15) is 0 Å². The van der Waals surface area contributed by atoms with Gasteiger partial charge in [0.2, 0.25) is 0 Å². The van der Waals surface area contributed by atoms with E-state index < -0.39 is 0 Å². The largest absolute Gasteiger partial charge is 0.377 e. The van der Waals surface area contributed by atoms with E-state index in [0.29, 0.717) is 6.04 Å². The summed E-state index contributed by atoms with van der Waals surface area (Å²) in [6, 6.07) is 11.5. The van der Waals surface area contributed by atoms with Crippen molar-refractivity contribution in [2.75, 3.05) is 26.2 Å². The molecule has 2 nitrogen and oxygen atoms in total. The van der Waals surface area contributed by atoms with Gasteiger partial charge in [-0.3, -0.25) is 4.90 Å². The van der Waals surface area contributed by atoms with E-state index in [1.54, 1.807) is 12.2 Å². The lowest BCUT2D eigenvalue weighted by molar-refractivity contribution is 0.267. The summed E-state index contributed by atoms with van der Waals surface area (Å²) in [6.07, 6.45) is 14.9. The van der Waals surface area contributed by atoms with Crippen LogP contribution < -0.4 is 0 Å². The molecular formula is C32H43FN2. The van der Waals surface area contributed by atoms with Gasteiger partial charge in [-0.05, 0) is 99.6 Å². The van der Waals surface area contributed by atoms with Crippen LogP contribution in [0.1, 0.15) is 71.8 Å². The van der Waals surface area contributed by atoms with Crippen molar-refractivity contribution in [2.45, 2.75) is 72.3 Å². The average molecular weight is 475 g/mol. The number of hydrogen-bond donors (Lipinski definition) is 0. The molecule has 2 aliphatic heterocycles. The first-order chi connectivity index (χ1) is 17.1. The van der Waals surface area contributed by atoms with Crippen molar-refractivity contribution < 1.29 is 4.39 Å². The highest BCUT2D eigenvalue weighted by molar-refractivity contribution is 5.90. The average Bonchev–Trinajstić information content (AvgIpc) is 3.25. The van der Waals surface area contributed by atoms with Crippen LogP contribution in [0.5, 0.6) is 0 Å². The zero-order valence-electron chi connectivity index (χ0n) is 22.2. The van der Waals surface area contributed by atoms with Crippen LogP contribution in [0.15, 0.2) is 82.9 Å². The lowest BCUT2D eigenvalue weighted by Gasteiger charge is -2.26. The molecule has 3 aliphatic rings. The van der Waals surface area contributed by atoms with E-state index in [0.717, 1.165) is 31.6 Å². The molecule has 1 aromatic carbocycles. The quantitative estimate of drug-likeness (QED) is 0.316. The molecule has 3 heteroatoms. The van der Waals surface area contributed by atoms with Crippen LogP contribution in [0.4, 0.5) is 4.39 Å². The highest BCUT2D eigenvalue weighted by atomic mass is 19.1. The predicted molar refractivity (Wildman–Crippen MR) is 148 cm³/mol. The molecule has 2 heterocycles. The number of halogens is 1. The molecule has 0 spiro atoms. The van der Waals surface area contributed by atoms with Gasteiger partial charge >= 0.3 is 0 Å². The zero-order valence-corrected chi connectivity index (χ0v) is 22.2. The Bertz CT molecular complexity index is 1020. The first-order valence-corrected chi connectivity index (χ1v) is 13.8. The van der Waals surface area contributed by atoms with Gasteiger partial charge in [0, 0.05) is 37.2 Å². The summed E-state index contributed by atoms with van der Waals surface area (Å²) in [5.74, 6) is -0.0549. The summed E-state index contributed by atoms with van der Waals surface area (Å²) < 4.78 is 15.4. The molecule has 2 fully saturated rings. The second-order valence-electron chi connectivity index (χ2n) is 10.3. The Morgan fingerprint density at radius 2 is 1.77 bits per heavy atom. The van der Waals surface area contributed by atoms with Gasteiger partial charge in [0.15, 0.2) is 0 Å². The molecule has 4 rings (SSSR count). The molecule has 0 N–H and O–H groups in total. The highest BCUT2D eigenvalue weighted by Crippen LogP contribution is 2.54. The Morgan fingerprint density at radius 1 is 1.03 bits per heavy atom. The van der Waals surface area contributed by atoms with E-state index in [-0.39, 0.29) is 11.7 Å². The molecule has 2 unspecified atom stereocenters. The van der Waals surface area contributed by atoms with Gasteiger partial charge in [-0.1, -0.05) is 55.8 Å². The summed E-state index contributed by atoms with van der Waals surface area (Å²) in [5.41, 5.74) is 7.56. The molecule has 1 aromatic rings.